The summed E-state index contributed by atoms with van der Waals surface area (Å²) in [6.07, 6.45) is 4.04. The maximum atomic E-state index is 7.50. The van der Waals surface area contributed by atoms with Crippen LogP contribution in [0.5, 0.6) is 0 Å². The molecule has 1 aliphatic rings. The van der Waals surface area contributed by atoms with Crippen molar-refractivity contribution < 1.29 is 28.8 Å². The third-order valence-corrected chi connectivity index (χ3v) is 11.1. The fourth-order valence-corrected chi connectivity index (χ4v) is 8.82. The fourth-order valence-electron chi connectivity index (χ4n) is 6.53. The number of rotatable bonds is 9. The van der Waals surface area contributed by atoms with Gasteiger partial charge < -0.3 is 9.80 Å². The summed E-state index contributed by atoms with van der Waals surface area (Å²) in [6, 6.07) is 65.2. The van der Waals surface area contributed by atoms with Crippen molar-refractivity contribution in [1.29, 1.82) is 0 Å². The molecule has 0 unspecified atom stereocenters. The second-order valence-corrected chi connectivity index (χ2v) is 13.9. The van der Waals surface area contributed by atoms with Crippen molar-refractivity contribution in [3.8, 4) is 0 Å². The van der Waals surface area contributed by atoms with Crippen molar-refractivity contribution in [3.63, 3.8) is 0 Å². The molecular weight excluding hydrogens is 733 g/mol. The summed E-state index contributed by atoms with van der Waals surface area (Å²) in [4.78, 5) is 4.11. The Morgan fingerprint density at radius 2 is 0.784 bits per heavy atom. The van der Waals surface area contributed by atoms with Crippen molar-refractivity contribution >= 4 is 46.5 Å². The second-order valence-electron chi connectivity index (χ2n) is 11.5. The molecule has 0 bridgehead atoms. The standard InChI is InChI=1S/C24H20B.C18H19N2P.2CO.Rh/c1-5-13-21(14-6-1)25(22-15-7-2-8-16-22,23-17-9-3-10-18-23)24-19-11-4-12-20-24;1-19-12-13-20(16-19)14-15-21(17-8-4-2-5-9-17)18-10-6-3-7-11-18;2*1-2;/h1-20H;2-13H,14-15H2,1H3;;;/q-1;;;;. The quantitative estimate of drug-likeness (QED) is 0.0806. The molecule has 7 heteroatoms. The SMILES string of the molecule is CN1[C]N(CCP(c2ccccc2)c2ccccc2)C=C1.[C-]#[O+].[C-]#[O+].[Rh].c1ccc([B-](c2ccccc2)(c2ccccc2)c2ccccc2)cc1. The van der Waals surface area contributed by atoms with E-state index in [4.69, 9.17) is 9.30 Å². The van der Waals surface area contributed by atoms with Gasteiger partial charge in [-0.2, -0.15) is 21.9 Å². The molecule has 6 aromatic rings. The zero-order valence-corrected chi connectivity index (χ0v) is 31.0. The zero-order valence-electron chi connectivity index (χ0n) is 28.5. The molecule has 1 aliphatic heterocycles. The first-order valence-electron chi connectivity index (χ1n) is 16.4. The van der Waals surface area contributed by atoms with Crippen LogP contribution in [0.4, 0.5) is 0 Å². The van der Waals surface area contributed by atoms with E-state index in [1.165, 1.54) is 32.5 Å². The molecule has 0 N–H and O–H groups in total. The van der Waals surface area contributed by atoms with Gasteiger partial charge in [0.05, 0.1) is 0 Å². The monoisotopic (exact) mass is 772 g/mol. The van der Waals surface area contributed by atoms with Gasteiger partial charge in [-0.15, -0.1) is 0 Å². The maximum absolute atomic E-state index is 7.50. The Labute approximate surface area is 317 Å². The first-order valence-corrected chi connectivity index (χ1v) is 17.9. The molecule has 3 radical (unpaired) electrons. The Hall–Kier alpha value is -4.74. The Balaban J connectivity index is 0.000000250. The summed E-state index contributed by atoms with van der Waals surface area (Å²) in [7, 11) is 1.69. The average Bonchev–Trinajstić information content (AvgIpc) is 3.64. The molecule has 0 aromatic heterocycles. The van der Waals surface area contributed by atoms with Gasteiger partial charge in [-0.05, 0) is 24.7 Å². The molecule has 0 saturated carbocycles. The van der Waals surface area contributed by atoms with Crippen molar-refractivity contribution in [2.24, 2.45) is 0 Å². The molecule has 1 heterocycles. The zero-order chi connectivity index (χ0) is 35.4. The van der Waals surface area contributed by atoms with Crippen LogP contribution in [0.25, 0.3) is 0 Å². The van der Waals surface area contributed by atoms with Gasteiger partial charge >= 0.3 is 22.6 Å². The van der Waals surface area contributed by atoms with Crippen molar-refractivity contribution in [1.82, 2.24) is 9.80 Å². The molecule has 0 fully saturated rings. The smallest absolute Gasteiger partial charge is 0.108 e. The molecule has 0 spiro atoms. The largest absolute Gasteiger partial charge is 0.195 e. The van der Waals surface area contributed by atoms with Crippen molar-refractivity contribution in [2.75, 3.05) is 19.8 Å². The molecule has 255 valence electrons. The van der Waals surface area contributed by atoms with Gasteiger partial charge in [0.2, 0.25) is 6.67 Å². The topological polar surface area (TPSA) is 46.3 Å². The first-order chi connectivity index (χ1) is 24.7. The van der Waals surface area contributed by atoms with Crippen LogP contribution in [-0.4, -0.2) is 35.7 Å². The molecule has 6 aromatic carbocycles. The van der Waals surface area contributed by atoms with Gasteiger partial charge in [0.15, 0.2) is 0 Å². The Morgan fingerprint density at radius 3 is 1.06 bits per heavy atom. The maximum Gasteiger partial charge on any atom is 0.108 e. The third kappa shape index (κ3) is 10.6. The predicted molar refractivity (Wildman–Crippen MR) is 209 cm³/mol. The Kier molecular flexibility index (Phi) is 17.7. The van der Waals surface area contributed by atoms with Crippen LogP contribution < -0.4 is 32.5 Å². The first kappa shape index (κ1) is 40.7. The minimum atomic E-state index is -1.22. The summed E-state index contributed by atoms with van der Waals surface area (Å²) in [5, 5.41) is 2.88. The normalized spacial score (nSPS) is 11.4. The third-order valence-electron chi connectivity index (χ3n) is 8.65. The Bertz CT molecular complexity index is 1670. The minimum absolute atomic E-state index is 0. The van der Waals surface area contributed by atoms with E-state index in [2.05, 4.69) is 213 Å². The Morgan fingerprint density at radius 1 is 0.490 bits per heavy atom. The predicted octanol–water partition coefficient (Wildman–Crippen LogP) is 5.82. The number of benzene rings is 6. The van der Waals surface area contributed by atoms with Gasteiger partial charge in [-0.1, -0.05) is 182 Å². The second kappa shape index (κ2) is 22.2. The van der Waals surface area contributed by atoms with Gasteiger partial charge in [0.25, 0.3) is 0 Å². The number of hydrogen-bond donors (Lipinski definition) is 0. The van der Waals surface area contributed by atoms with Crippen LogP contribution in [0, 0.1) is 20.0 Å². The van der Waals surface area contributed by atoms with E-state index in [9.17, 15) is 0 Å². The van der Waals surface area contributed by atoms with Crippen LogP contribution in [-0.2, 0) is 28.8 Å². The minimum Gasteiger partial charge on any atom is -0.195 e. The van der Waals surface area contributed by atoms with Crippen LogP contribution in [0.15, 0.2) is 194 Å². The summed E-state index contributed by atoms with van der Waals surface area (Å²) >= 11 is 0. The molecular formula is C44H39BN2O2PRh-. The van der Waals surface area contributed by atoms with Crippen LogP contribution in [0.2, 0.25) is 0 Å². The summed E-state index contributed by atoms with van der Waals surface area (Å²) in [5.41, 5.74) is 5.36. The fraction of sp³-hybridized carbons (Fsp3) is 0.0682. The van der Waals surface area contributed by atoms with Gasteiger partial charge in [0, 0.05) is 45.5 Å². The van der Waals surface area contributed by atoms with E-state index in [0.717, 1.165) is 12.7 Å². The van der Waals surface area contributed by atoms with Crippen LogP contribution in [0.3, 0.4) is 0 Å². The molecule has 4 nitrogen and oxygen atoms in total. The number of nitrogens with zero attached hydrogens (tertiary/aromatic N) is 2. The summed E-state index contributed by atoms with van der Waals surface area (Å²) < 4.78 is 15.0. The number of hydrogen-bond acceptors (Lipinski definition) is 2. The van der Waals surface area contributed by atoms with E-state index >= 15 is 0 Å². The molecule has 0 atom stereocenters. The van der Waals surface area contributed by atoms with Gasteiger partial charge in [-0.25, -0.2) is 0 Å². The summed E-state index contributed by atoms with van der Waals surface area (Å²) in [6.45, 7) is 13.3. The van der Waals surface area contributed by atoms with E-state index < -0.39 is 6.15 Å². The molecule has 0 saturated heterocycles. The van der Waals surface area contributed by atoms with Crippen LogP contribution in [0.1, 0.15) is 0 Å². The van der Waals surface area contributed by atoms with Gasteiger partial charge in [0.1, 0.15) is 6.15 Å². The molecule has 51 heavy (non-hydrogen) atoms. The van der Waals surface area contributed by atoms with E-state index in [1.807, 2.05) is 18.1 Å². The molecule has 0 amide bonds. The molecule has 0 aliphatic carbocycles. The van der Waals surface area contributed by atoms with Crippen molar-refractivity contribution in [3.05, 3.63) is 214 Å². The van der Waals surface area contributed by atoms with E-state index in [0.29, 0.717) is 0 Å². The van der Waals surface area contributed by atoms with Gasteiger partial charge in [-0.3, -0.25) is 0 Å². The van der Waals surface area contributed by atoms with E-state index in [-0.39, 0.29) is 27.4 Å². The molecule has 7 rings (SSSR count). The summed E-state index contributed by atoms with van der Waals surface area (Å²) in [5.74, 6) is 0. The van der Waals surface area contributed by atoms with Crippen molar-refractivity contribution in [2.45, 2.75) is 0 Å². The average molecular weight is 773 g/mol. The van der Waals surface area contributed by atoms with E-state index in [1.54, 1.807) is 0 Å². The van der Waals surface area contributed by atoms with Crippen LogP contribution >= 0.6 is 7.92 Å².